The Morgan fingerprint density at radius 2 is 0.966 bits per heavy atom. The molecule has 29 heavy (non-hydrogen) atoms. The predicted molar refractivity (Wildman–Crippen MR) is 128 cm³/mol. The highest BCUT2D eigenvalue weighted by atomic mass is 35.5. The SMILES string of the molecule is CC[Si](CC)(CC)[O][Al]([O]c1c(Cl)cc(Cl)cc1Cl)[O]c1c(Cl)cc(Cl)cc1Cl. The Bertz CT molecular complexity index is 752. The van der Waals surface area contributed by atoms with Crippen LogP contribution in [0, 0.1) is 0 Å². The summed E-state index contributed by atoms with van der Waals surface area (Å²) in [5, 5.41) is 1.84. The van der Waals surface area contributed by atoms with E-state index in [9.17, 15) is 0 Å². The first-order valence-corrected chi connectivity index (χ1v) is 15.2. The molecule has 158 valence electrons. The van der Waals surface area contributed by atoms with E-state index >= 15 is 0 Å². The third-order valence-electron chi connectivity index (χ3n) is 4.63. The number of benzene rings is 2. The van der Waals surface area contributed by atoms with Crippen molar-refractivity contribution in [2.45, 2.75) is 38.9 Å². The summed E-state index contributed by atoms with van der Waals surface area (Å²) in [4.78, 5) is 0. The third-order valence-corrected chi connectivity index (χ3v) is 13.7. The maximum absolute atomic E-state index is 6.51. The second-order valence-electron chi connectivity index (χ2n) is 6.28. The van der Waals surface area contributed by atoms with Gasteiger partial charge in [0.05, 0.1) is 20.1 Å². The average Bonchev–Trinajstić information content (AvgIpc) is 2.65. The van der Waals surface area contributed by atoms with Crippen LogP contribution in [-0.4, -0.2) is 23.5 Å². The summed E-state index contributed by atoms with van der Waals surface area (Å²) < 4.78 is 18.7. The molecule has 0 heterocycles. The monoisotopic (exact) mass is 548 g/mol. The summed E-state index contributed by atoms with van der Waals surface area (Å²) in [5.74, 6) is 0.503. The molecule has 0 atom stereocenters. The van der Waals surface area contributed by atoms with Crippen LogP contribution in [0.25, 0.3) is 0 Å². The Morgan fingerprint density at radius 3 is 1.24 bits per heavy atom. The van der Waals surface area contributed by atoms with E-state index in [4.69, 9.17) is 80.7 Å². The Hall–Kier alpha value is 0.489. The van der Waals surface area contributed by atoms with Crippen LogP contribution >= 0.6 is 69.6 Å². The van der Waals surface area contributed by atoms with Gasteiger partial charge in [-0.2, -0.15) is 0 Å². The van der Waals surface area contributed by atoms with Crippen molar-refractivity contribution >= 4 is 93.1 Å². The highest BCUT2D eigenvalue weighted by Gasteiger charge is 2.48. The quantitative estimate of drug-likeness (QED) is 0.291. The minimum absolute atomic E-state index is 0.252. The van der Waals surface area contributed by atoms with Crippen molar-refractivity contribution in [3.8, 4) is 11.5 Å². The average molecular weight is 551 g/mol. The number of hydrogen-bond acceptors (Lipinski definition) is 3. The standard InChI is InChI=1S/2C6H3Cl3O.C6H15OSi.Al/c2*7-3-1-4(8)6(10)5(9)2-3;1-4-8(7,5-2)6-3;/h2*1-2,10H;4-6H2,1-3H3;/q;;-1;+3/p-2. The van der Waals surface area contributed by atoms with E-state index in [-0.39, 0.29) is 31.6 Å². The van der Waals surface area contributed by atoms with Gasteiger partial charge in [0.25, 0.3) is 0 Å². The van der Waals surface area contributed by atoms with E-state index in [1.807, 2.05) is 0 Å². The van der Waals surface area contributed by atoms with Crippen LogP contribution in [0.3, 0.4) is 0 Å². The molecule has 2 aromatic rings. The van der Waals surface area contributed by atoms with Crippen LogP contribution in [-0.2, 0) is 3.48 Å². The van der Waals surface area contributed by atoms with Gasteiger partial charge in [-0.05, 0) is 42.4 Å². The Labute approximate surface area is 207 Å². The molecule has 0 aliphatic carbocycles. The molecule has 0 amide bonds. The van der Waals surface area contributed by atoms with Crippen LogP contribution in [0.15, 0.2) is 24.3 Å². The highest BCUT2D eigenvalue weighted by Crippen LogP contribution is 2.39. The fourth-order valence-corrected chi connectivity index (χ4v) is 11.3. The van der Waals surface area contributed by atoms with E-state index in [1.54, 1.807) is 24.3 Å². The van der Waals surface area contributed by atoms with Crippen molar-refractivity contribution in [1.82, 2.24) is 0 Å². The summed E-state index contributed by atoms with van der Waals surface area (Å²) >= 11 is 34.3. The smallest absolute Gasteiger partial charge is 0.586 e. The van der Waals surface area contributed by atoms with Crippen LogP contribution in [0.1, 0.15) is 20.8 Å². The zero-order chi connectivity index (χ0) is 21.8. The first-order chi connectivity index (χ1) is 13.6. The minimum Gasteiger partial charge on any atom is -0.586 e. The van der Waals surface area contributed by atoms with E-state index < -0.39 is 23.5 Å². The molecule has 0 saturated carbocycles. The Kier molecular flexibility index (Phi) is 10.1. The van der Waals surface area contributed by atoms with Gasteiger partial charge in [-0.15, -0.1) is 0 Å². The van der Waals surface area contributed by atoms with Gasteiger partial charge < -0.3 is 11.1 Å². The van der Waals surface area contributed by atoms with Crippen LogP contribution in [0.4, 0.5) is 0 Å². The van der Waals surface area contributed by atoms with Gasteiger partial charge in [0.15, 0.2) is 8.32 Å². The van der Waals surface area contributed by atoms with Crippen molar-refractivity contribution in [3.63, 3.8) is 0 Å². The largest absolute Gasteiger partial charge is 1.09 e. The van der Waals surface area contributed by atoms with Gasteiger partial charge in [-0.1, -0.05) is 90.4 Å². The van der Waals surface area contributed by atoms with E-state index in [2.05, 4.69) is 20.8 Å². The molecule has 2 aromatic carbocycles. The minimum atomic E-state index is -2.87. The molecule has 0 unspecified atom stereocenters. The highest BCUT2D eigenvalue weighted by molar-refractivity contribution is 6.78. The molecule has 0 N–H and O–H groups in total. The van der Waals surface area contributed by atoms with Gasteiger partial charge in [-0.3, -0.25) is 0 Å². The van der Waals surface area contributed by atoms with E-state index in [0.717, 1.165) is 18.1 Å². The molecule has 0 bridgehead atoms. The topological polar surface area (TPSA) is 27.7 Å². The second kappa shape index (κ2) is 11.4. The van der Waals surface area contributed by atoms with Gasteiger partial charge in [0.2, 0.25) is 0 Å². The van der Waals surface area contributed by atoms with Crippen molar-refractivity contribution < 1.29 is 11.1 Å². The normalized spacial score (nSPS) is 11.5. The van der Waals surface area contributed by atoms with E-state index in [0.29, 0.717) is 10.0 Å². The molecule has 0 fully saturated rings. The summed E-state index contributed by atoms with van der Waals surface area (Å²) in [6.45, 7) is 6.32. The molecule has 3 nitrogen and oxygen atoms in total. The molecular weight excluding hydrogens is 532 g/mol. The Balaban J connectivity index is 2.44. The molecule has 0 aromatic heterocycles. The lowest BCUT2D eigenvalue weighted by Crippen LogP contribution is -2.47. The molecule has 0 spiro atoms. The maximum atomic E-state index is 6.51. The summed E-state index contributed by atoms with van der Waals surface area (Å²) in [6.07, 6.45) is 0. The lowest BCUT2D eigenvalue weighted by molar-refractivity contribution is 0.300. The fraction of sp³-hybridized carbons (Fsp3) is 0.333. The first-order valence-electron chi connectivity index (χ1n) is 8.94. The van der Waals surface area contributed by atoms with Crippen molar-refractivity contribution in [1.29, 1.82) is 0 Å². The molecule has 11 heteroatoms. The first kappa shape index (κ1) is 25.7. The third kappa shape index (κ3) is 6.73. The van der Waals surface area contributed by atoms with Gasteiger partial charge in [-0.25, -0.2) is 0 Å². The van der Waals surface area contributed by atoms with Crippen LogP contribution in [0.5, 0.6) is 11.5 Å². The van der Waals surface area contributed by atoms with Gasteiger partial charge in [0.1, 0.15) is 11.5 Å². The summed E-state index contributed by atoms with van der Waals surface area (Å²) in [5.41, 5.74) is 0. The van der Waals surface area contributed by atoms with Crippen LogP contribution < -0.4 is 7.58 Å². The predicted octanol–water partition coefficient (Wildman–Crippen LogP) is 9.07. The van der Waals surface area contributed by atoms with Gasteiger partial charge >= 0.3 is 15.1 Å². The number of halogens is 6. The van der Waals surface area contributed by atoms with Crippen molar-refractivity contribution in [2.75, 3.05) is 0 Å². The lowest BCUT2D eigenvalue weighted by Gasteiger charge is -2.31. The maximum Gasteiger partial charge on any atom is 1.09 e. The zero-order valence-electron chi connectivity index (χ0n) is 16.0. The van der Waals surface area contributed by atoms with Crippen molar-refractivity contribution in [2.24, 2.45) is 0 Å². The van der Waals surface area contributed by atoms with Crippen molar-refractivity contribution in [3.05, 3.63) is 54.4 Å². The lowest BCUT2D eigenvalue weighted by atomic mass is 10.3. The number of hydrogen-bond donors (Lipinski definition) is 0. The zero-order valence-corrected chi connectivity index (χ0v) is 22.7. The molecule has 0 radical (unpaired) electrons. The molecule has 0 aliphatic heterocycles. The summed E-state index contributed by atoms with van der Waals surface area (Å²) in [6, 6.07) is 8.88. The fourth-order valence-electron chi connectivity index (χ4n) is 2.75. The molecule has 0 saturated heterocycles. The van der Waals surface area contributed by atoms with Crippen LogP contribution in [0.2, 0.25) is 48.3 Å². The molecule has 2 rings (SSSR count). The van der Waals surface area contributed by atoms with E-state index in [1.165, 1.54) is 0 Å². The second-order valence-corrected chi connectivity index (χ2v) is 15.3. The number of rotatable bonds is 9. The molecular formula is C18H19AlCl6O3Si. The van der Waals surface area contributed by atoms with Gasteiger partial charge in [0, 0.05) is 10.0 Å². The summed E-state index contributed by atoms with van der Waals surface area (Å²) in [7, 11) is -2.09. The molecule has 0 aliphatic rings. The Morgan fingerprint density at radius 1 is 0.655 bits per heavy atom.